The number of rotatable bonds is 5. The van der Waals surface area contributed by atoms with Crippen molar-refractivity contribution in [2.24, 2.45) is 5.92 Å². The van der Waals surface area contributed by atoms with Crippen LogP contribution in [0, 0.1) is 5.92 Å². The van der Waals surface area contributed by atoms with Crippen LogP contribution in [-0.4, -0.2) is 50.2 Å². The fourth-order valence-electron chi connectivity index (χ4n) is 2.49. The number of nitrogens with zero attached hydrogens (tertiary/aromatic N) is 3. The summed E-state index contributed by atoms with van der Waals surface area (Å²) in [5.41, 5.74) is 1.66. The maximum atomic E-state index is 12.4. The van der Waals surface area contributed by atoms with Gasteiger partial charge >= 0.3 is 5.97 Å². The van der Waals surface area contributed by atoms with Crippen LogP contribution in [0.3, 0.4) is 0 Å². The maximum absolute atomic E-state index is 12.4. The molecule has 2 aromatic rings. The fourth-order valence-corrected chi connectivity index (χ4v) is 3.22. The molecule has 2 N–H and O–H groups in total. The van der Waals surface area contributed by atoms with Gasteiger partial charge in [-0.2, -0.15) is 5.10 Å². The van der Waals surface area contributed by atoms with Crippen molar-refractivity contribution in [3.05, 3.63) is 41.7 Å². The van der Waals surface area contributed by atoms with Gasteiger partial charge in [-0.3, -0.25) is 14.7 Å². The van der Waals surface area contributed by atoms with E-state index >= 15 is 0 Å². The number of carboxylic acids is 1. The number of nitrogens with one attached hydrogen (secondary N) is 1. The van der Waals surface area contributed by atoms with Crippen molar-refractivity contribution in [3.63, 3.8) is 0 Å². The lowest BCUT2D eigenvalue weighted by molar-refractivity contribution is -0.141. The molecule has 1 saturated heterocycles. The maximum Gasteiger partial charge on any atom is 0.308 e. The second-order valence-electron chi connectivity index (χ2n) is 5.35. The van der Waals surface area contributed by atoms with E-state index in [1.165, 1.54) is 18.1 Å². The number of aromatic nitrogens is 3. The number of thioether (sulfide) groups is 1. The second kappa shape index (κ2) is 6.82. The zero-order valence-electron chi connectivity index (χ0n) is 12.3. The fraction of sp³-hybridized carbons (Fsp3) is 0.333. The minimum Gasteiger partial charge on any atom is -0.481 e. The lowest BCUT2D eigenvalue weighted by Crippen LogP contribution is -2.29. The highest BCUT2D eigenvalue weighted by Gasteiger charge is 2.31. The van der Waals surface area contributed by atoms with Crippen molar-refractivity contribution in [3.8, 4) is 0 Å². The number of amides is 1. The van der Waals surface area contributed by atoms with Crippen molar-refractivity contribution in [2.75, 3.05) is 13.1 Å². The largest absolute Gasteiger partial charge is 0.481 e. The van der Waals surface area contributed by atoms with Gasteiger partial charge in [-0.1, -0.05) is 23.9 Å². The Kier molecular flexibility index (Phi) is 4.61. The molecule has 8 heteroatoms. The summed E-state index contributed by atoms with van der Waals surface area (Å²) in [6.07, 6.45) is 1.98. The van der Waals surface area contributed by atoms with Crippen molar-refractivity contribution >= 4 is 23.6 Å². The molecule has 0 aliphatic carbocycles. The molecular formula is C15H16N4O3S. The van der Waals surface area contributed by atoms with E-state index in [1.54, 1.807) is 17.0 Å². The summed E-state index contributed by atoms with van der Waals surface area (Å²) in [4.78, 5) is 29.0. The van der Waals surface area contributed by atoms with Gasteiger partial charge in [0, 0.05) is 24.4 Å². The molecule has 1 aliphatic heterocycles. The summed E-state index contributed by atoms with van der Waals surface area (Å²) in [6.45, 7) is 0.788. The second-order valence-corrected chi connectivity index (χ2v) is 6.32. The highest BCUT2D eigenvalue weighted by molar-refractivity contribution is 7.98. The number of carboxylic acid groups (broad SMARTS) is 1. The summed E-state index contributed by atoms with van der Waals surface area (Å²) >= 11 is 1.53. The number of carbonyl (C=O) groups excluding carboxylic acids is 1. The Morgan fingerprint density at radius 1 is 1.35 bits per heavy atom. The predicted molar refractivity (Wildman–Crippen MR) is 84.0 cm³/mol. The average molecular weight is 332 g/mol. The summed E-state index contributed by atoms with van der Waals surface area (Å²) in [7, 11) is 0. The van der Waals surface area contributed by atoms with Gasteiger partial charge in [0.15, 0.2) is 5.16 Å². The van der Waals surface area contributed by atoms with Crippen molar-refractivity contribution in [1.82, 2.24) is 20.1 Å². The highest BCUT2D eigenvalue weighted by Crippen LogP contribution is 2.21. The molecule has 0 spiro atoms. The Morgan fingerprint density at radius 2 is 2.13 bits per heavy atom. The summed E-state index contributed by atoms with van der Waals surface area (Å²) in [5.74, 6) is -0.658. The highest BCUT2D eigenvalue weighted by atomic mass is 32.2. The van der Waals surface area contributed by atoms with Gasteiger partial charge in [0.1, 0.15) is 6.33 Å². The molecule has 1 unspecified atom stereocenters. The minimum atomic E-state index is -0.833. The van der Waals surface area contributed by atoms with Gasteiger partial charge in [0.25, 0.3) is 5.91 Å². The first-order valence-electron chi connectivity index (χ1n) is 7.22. The molecule has 0 saturated carbocycles. The minimum absolute atomic E-state index is 0.108. The van der Waals surface area contributed by atoms with Crippen LogP contribution in [0.5, 0.6) is 0 Å². The quantitative estimate of drug-likeness (QED) is 0.808. The standard InChI is InChI=1S/C15H16N4O3S/c20-13(19-6-5-12(7-19)14(21)22)11-3-1-10(2-4-11)8-23-15-16-9-17-18-15/h1-4,9,12H,5-8H2,(H,21,22)(H,16,17,18). The van der Waals surface area contributed by atoms with E-state index in [9.17, 15) is 9.59 Å². The molecule has 3 rings (SSSR count). The van der Waals surface area contributed by atoms with E-state index in [4.69, 9.17) is 5.11 Å². The molecule has 1 aromatic heterocycles. The predicted octanol–water partition coefficient (Wildman–Crippen LogP) is 1.64. The third-order valence-electron chi connectivity index (χ3n) is 3.79. The Labute approximate surface area is 137 Å². The van der Waals surface area contributed by atoms with Gasteiger partial charge in [-0.05, 0) is 24.1 Å². The van der Waals surface area contributed by atoms with Crippen LogP contribution < -0.4 is 0 Å². The summed E-state index contributed by atoms with van der Waals surface area (Å²) in [5, 5.41) is 16.3. The Bertz CT molecular complexity index is 687. The van der Waals surface area contributed by atoms with Gasteiger partial charge in [-0.25, -0.2) is 4.98 Å². The molecule has 1 aliphatic rings. The number of aromatic amines is 1. The third kappa shape index (κ3) is 3.70. The number of likely N-dealkylation sites (tertiary alicyclic amines) is 1. The summed E-state index contributed by atoms with van der Waals surface area (Å²) in [6, 6.07) is 7.38. The first-order chi connectivity index (χ1) is 11.1. The smallest absolute Gasteiger partial charge is 0.308 e. The van der Waals surface area contributed by atoms with E-state index < -0.39 is 11.9 Å². The van der Waals surface area contributed by atoms with Crippen LogP contribution in [0.1, 0.15) is 22.3 Å². The Hall–Kier alpha value is -2.35. The van der Waals surface area contributed by atoms with Crippen molar-refractivity contribution < 1.29 is 14.7 Å². The number of hydrogen-bond donors (Lipinski definition) is 2. The summed E-state index contributed by atoms with van der Waals surface area (Å²) < 4.78 is 0. The lowest BCUT2D eigenvalue weighted by atomic mass is 10.1. The van der Waals surface area contributed by atoms with E-state index in [-0.39, 0.29) is 12.5 Å². The zero-order chi connectivity index (χ0) is 16.2. The molecule has 0 radical (unpaired) electrons. The van der Waals surface area contributed by atoms with E-state index in [0.29, 0.717) is 18.5 Å². The SMILES string of the molecule is O=C(O)C1CCN(C(=O)c2ccc(CSc3ncn[nH]3)cc2)C1. The molecule has 1 fully saturated rings. The van der Waals surface area contributed by atoms with Crippen LogP contribution in [0.25, 0.3) is 0 Å². The van der Waals surface area contributed by atoms with E-state index in [2.05, 4.69) is 15.2 Å². The Morgan fingerprint density at radius 3 is 2.74 bits per heavy atom. The molecule has 1 atom stereocenters. The normalized spacial score (nSPS) is 17.4. The molecule has 120 valence electrons. The molecule has 1 amide bonds. The number of aliphatic carboxylic acids is 1. The van der Waals surface area contributed by atoms with Crippen molar-refractivity contribution in [1.29, 1.82) is 0 Å². The van der Waals surface area contributed by atoms with Gasteiger partial charge in [-0.15, -0.1) is 0 Å². The lowest BCUT2D eigenvalue weighted by Gasteiger charge is -2.16. The average Bonchev–Trinajstić information content (AvgIpc) is 3.24. The van der Waals surface area contributed by atoms with Crippen LogP contribution in [0.4, 0.5) is 0 Å². The molecule has 2 heterocycles. The topological polar surface area (TPSA) is 99.2 Å². The first-order valence-corrected chi connectivity index (χ1v) is 8.21. The van der Waals surface area contributed by atoms with Crippen LogP contribution in [-0.2, 0) is 10.5 Å². The number of H-pyrrole nitrogens is 1. The van der Waals surface area contributed by atoms with Crippen LogP contribution in [0.2, 0.25) is 0 Å². The molecule has 1 aromatic carbocycles. The number of carbonyl (C=O) groups is 2. The van der Waals surface area contributed by atoms with Gasteiger partial charge in [0.2, 0.25) is 0 Å². The number of hydrogen-bond acceptors (Lipinski definition) is 5. The number of benzene rings is 1. The molecule has 7 nitrogen and oxygen atoms in total. The zero-order valence-corrected chi connectivity index (χ0v) is 13.1. The Balaban J connectivity index is 1.58. The monoisotopic (exact) mass is 332 g/mol. The van der Waals surface area contributed by atoms with Gasteiger partial charge < -0.3 is 10.0 Å². The van der Waals surface area contributed by atoms with E-state index in [1.807, 2.05) is 12.1 Å². The molecule has 0 bridgehead atoms. The third-order valence-corrected chi connectivity index (χ3v) is 4.74. The van der Waals surface area contributed by atoms with Crippen LogP contribution >= 0.6 is 11.8 Å². The van der Waals surface area contributed by atoms with Gasteiger partial charge in [0.05, 0.1) is 5.92 Å². The van der Waals surface area contributed by atoms with Crippen molar-refractivity contribution in [2.45, 2.75) is 17.3 Å². The molecule has 23 heavy (non-hydrogen) atoms. The molecular weight excluding hydrogens is 316 g/mol. The first kappa shape index (κ1) is 15.5. The van der Waals surface area contributed by atoms with Crippen LogP contribution in [0.15, 0.2) is 35.7 Å². The van der Waals surface area contributed by atoms with E-state index in [0.717, 1.165) is 16.5 Å².